The molecule has 1 N–H and O–H groups in total. The molecule has 2 aliphatic heterocycles. The Bertz CT molecular complexity index is 447. The second-order valence-corrected chi connectivity index (χ2v) is 5.57. The van der Waals surface area contributed by atoms with E-state index in [0.717, 1.165) is 50.4 Å². The van der Waals surface area contributed by atoms with Crippen molar-refractivity contribution in [3.05, 3.63) is 23.9 Å². The summed E-state index contributed by atoms with van der Waals surface area (Å²) in [6.45, 7) is 4.55. The molecule has 0 unspecified atom stereocenters. The molecule has 2 saturated heterocycles. The minimum absolute atomic E-state index is 0.0473. The summed E-state index contributed by atoms with van der Waals surface area (Å²) in [5.74, 6) is 1.05. The van der Waals surface area contributed by atoms with Crippen molar-refractivity contribution in [1.29, 1.82) is 0 Å². The first kappa shape index (κ1) is 13.2. The number of rotatable bonds is 3. The van der Waals surface area contributed by atoms with Crippen LogP contribution in [0.15, 0.2) is 18.3 Å². The van der Waals surface area contributed by atoms with Gasteiger partial charge in [-0.25, -0.2) is 9.78 Å². The van der Waals surface area contributed by atoms with Gasteiger partial charge in [0, 0.05) is 38.9 Å². The molecule has 2 aliphatic rings. The van der Waals surface area contributed by atoms with Gasteiger partial charge in [-0.05, 0) is 37.3 Å². The Hall–Kier alpha value is -1.78. The average molecular weight is 274 g/mol. The van der Waals surface area contributed by atoms with Crippen LogP contribution in [-0.2, 0) is 6.54 Å². The number of hydrogen-bond acceptors (Lipinski definition) is 3. The fraction of sp³-hybridized carbons (Fsp3) is 0.600. The molecule has 0 spiro atoms. The Balaban J connectivity index is 1.51. The molecule has 0 saturated carbocycles. The molecule has 2 amide bonds. The zero-order valence-electron chi connectivity index (χ0n) is 11.8. The maximum absolute atomic E-state index is 11.9. The summed E-state index contributed by atoms with van der Waals surface area (Å²) >= 11 is 0. The van der Waals surface area contributed by atoms with E-state index in [0.29, 0.717) is 6.54 Å². The molecule has 0 radical (unpaired) electrons. The highest BCUT2D eigenvalue weighted by molar-refractivity contribution is 5.74. The number of urea groups is 1. The van der Waals surface area contributed by atoms with Gasteiger partial charge in [0.05, 0.1) is 0 Å². The van der Waals surface area contributed by atoms with Gasteiger partial charge in [0.15, 0.2) is 0 Å². The summed E-state index contributed by atoms with van der Waals surface area (Å²) in [5.41, 5.74) is 1.06. The molecular formula is C15H22N4O. The van der Waals surface area contributed by atoms with Crippen molar-refractivity contribution in [2.45, 2.75) is 32.2 Å². The van der Waals surface area contributed by atoms with E-state index in [1.54, 1.807) is 0 Å². The van der Waals surface area contributed by atoms with E-state index in [2.05, 4.69) is 27.3 Å². The predicted molar refractivity (Wildman–Crippen MR) is 78.7 cm³/mol. The third-order valence-corrected chi connectivity index (χ3v) is 4.08. The molecule has 20 heavy (non-hydrogen) atoms. The van der Waals surface area contributed by atoms with Gasteiger partial charge in [0.1, 0.15) is 5.82 Å². The molecule has 5 heteroatoms. The zero-order chi connectivity index (χ0) is 13.8. The van der Waals surface area contributed by atoms with E-state index in [4.69, 9.17) is 0 Å². The average Bonchev–Trinajstić information content (AvgIpc) is 3.18. The highest BCUT2D eigenvalue weighted by Crippen LogP contribution is 2.17. The monoisotopic (exact) mass is 274 g/mol. The lowest BCUT2D eigenvalue weighted by atomic mass is 10.3. The number of amides is 2. The summed E-state index contributed by atoms with van der Waals surface area (Å²) in [7, 11) is 0. The normalized spacial score (nSPS) is 18.6. The van der Waals surface area contributed by atoms with E-state index in [1.807, 2.05) is 11.1 Å². The summed E-state index contributed by atoms with van der Waals surface area (Å²) in [6.07, 6.45) is 6.64. The molecule has 108 valence electrons. The van der Waals surface area contributed by atoms with Gasteiger partial charge < -0.3 is 15.1 Å². The Kier molecular flexibility index (Phi) is 4.04. The van der Waals surface area contributed by atoms with E-state index in [9.17, 15) is 4.79 Å². The van der Waals surface area contributed by atoms with Gasteiger partial charge >= 0.3 is 6.03 Å². The Labute approximate surface area is 120 Å². The third kappa shape index (κ3) is 3.03. The summed E-state index contributed by atoms with van der Waals surface area (Å²) in [6, 6.07) is 4.17. The van der Waals surface area contributed by atoms with Crippen LogP contribution in [0.2, 0.25) is 0 Å². The maximum Gasteiger partial charge on any atom is 0.317 e. The molecule has 2 fully saturated rings. The highest BCUT2D eigenvalue weighted by Gasteiger charge is 2.17. The number of nitrogens with zero attached hydrogens (tertiary/aromatic N) is 3. The van der Waals surface area contributed by atoms with Gasteiger partial charge in [-0.1, -0.05) is 6.07 Å². The van der Waals surface area contributed by atoms with Crippen molar-refractivity contribution >= 4 is 11.8 Å². The number of carbonyl (C=O) groups is 1. The number of pyridine rings is 1. The molecule has 0 bridgehead atoms. The predicted octanol–water partition coefficient (Wildman–Crippen LogP) is 1.99. The van der Waals surface area contributed by atoms with E-state index in [1.165, 1.54) is 12.8 Å². The lowest BCUT2D eigenvalue weighted by molar-refractivity contribution is 0.208. The highest BCUT2D eigenvalue weighted by atomic mass is 16.2. The quantitative estimate of drug-likeness (QED) is 0.917. The van der Waals surface area contributed by atoms with Crippen LogP contribution < -0.4 is 10.2 Å². The number of anilines is 1. The first-order chi connectivity index (χ1) is 9.83. The maximum atomic E-state index is 11.9. The van der Waals surface area contributed by atoms with Crippen molar-refractivity contribution in [3.63, 3.8) is 0 Å². The number of nitrogens with one attached hydrogen (secondary N) is 1. The molecule has 0 aliphatic carbocycles. The topological polar surface area (TPSA) is 48.5 Å². The Morgan fingerprint density at radius 1 is 1.10 bits per heavy atom. The lowest BCUT2D eigenvalue weighted by Crippen LogP contribution is -2.37. The van der Waals surface area contributed by atoms with Gasteiger partial charge in [0.25, 0.3) is 0 Å². The van der Waals surface area contributed by atoms with E-state index in [-0.39, 0.29) is 6.03 Å². The minimum Gasteiger partial charge on any atom is -0.357 e. The van der Waals surface area contributed by atoms with Crippen LogP contribution in [-0.4, -0.2) is 42.1 Å². The Morgan fingerprint density at radius 3 is 2.45 bits per heavy atom. The van der Waals surface area contributed by atoms with Crippen LogP contribution in [0.5, 0.6) is 0 Å². The summed E-state index contributed by atoms with van der Waals surface area (Å²) in [4.78, 5) is 20.6. The van der Waals surface area contributed by atoms with Gasteiger partial charge in [-0.15, -0.1) is 0 Å². The second-order valence-electron chi connectivity index (χ2n) is 5.57. The zero-order valence-corrected chi connectivity index (χ0v) is 11.8. The van der Waals surface area contributed by atoms with Crippen molar-refractivity contribution in [2.75, 3.05) is 31.1 Å². The van der Waals surface area contributed by atoms with E-state index < -0.39 is 0 Å². The van der Waals surface area contributed by atoms with Crippen LogP contribution in [0, 0.1) is 0 Å². The number of likely N-dealkylation sites (tertiary alicyclic amines) is 1. The SMILES string of the molecule is O=C(NCc1ccc(N2CCCC2)nc1)N1CCCC1. The molecule has 1 aromatic rings. The number of carbonyl (C=O) groups excluding carboxylic acids is 1. The van der Waals surface area contributed by atoms with Crippen LogP contribution in [0.3, 0.4) is 0 Å². The van der Waals surface area contributed by atoms with Crippen LogP contribution >= 0.6 is 0 Å². The third-order valence-electron chi connectivity index (χ3n) is 4.08. The van der Waals surface area contributed by atoms with Crippen molar-refractivity contribution in [1.82, 2.24) is 15.2 Å². The second kappa shape index (κ2) is 6.11. The van der Waals surface area contributed by atoms with Crippen molar-refractivity contribution in [3.8, 4) is 0 Å². The van der Waals surface area contributed by atoms with Crippen molar-refractivity contribution in [2.24, 2.45) is 0 Å². The summed E-state index contributed by atoms with van der Waals surface area (Å²) in [5, 5.41) is 2.96. The van der Waals surface area contributed by atoms with Gasteiger partial charge in [-0.2, -0.15) is 0 Å². The fourth-order valence-corrected chi connectivity index (χ4v) is 2.86. The smallest absolute Gasteiger partial charge is 0.317 e. The van der Waals surface area contributed by atoms with Gasteiger partial charge in [-0.3, -0.25) is 0 Å². The lowest BCUT2D eigenvalue weighted by Gasteiger charge is -2.17. The first-order valence-corrected chi connectivity index (χ1v) is 7.55. The molecule has 0 aromatic carbocycles. The molecular weight excluding hydrogens is 252 g/mol. The number of aromatic nitrogens is 1. The first-order valence-electron chi connectivity index (χ1n) is 7.55. The molecule has 3 rings (SSSR count). The van der Waals surface area contributed by atoms with Crippen LogP contribution in [0.1, 0.15) is 31.2 Å². The van der Waals surface area contributed by atoms with Crippen LogP contribution in [0.25, 0.3) is 0 Å². The van der Waals surface area contributed by atoms with Crippen molar-refractivity contribution < 1.29 is 4.79 Å². The largest absolute Gasteiger partial charge is 0.357 e. The molecule has 1 aromatic heterocycles. The Morgan fingerprint density at radius 2 is 1.80 bits per heavy atom. The molecule has 5 nitrogen and oxygen atoms in total. The summed E-state index contributed by atoms with van der Waals surface area (Å²) < 4.78 is 0. The van der Waals surface area contributed by atoms with E-state index >= 15 is 0 Å². The van der Waals surface area contributed by atoms with Gasteiger partial charge in [0.2, 0.25) is 0 Å². The molecule has 3 heterocycles. The minimum atomic E-state index is 0.0473. The fourth-order valence-electron chi connectivity index (χ4n) is 2.86. The van der Waals surface area contributed by atoms with Crippen LogP contribution in [0.4, 0.5) is 10.6 Å². The standard InChI is InChI=1S/C15H22N4O/c20-15(19-9-3-4-10-19)17-12-13-5-6-14(16-11-13)18-7-1-2-8-18/h5-6,11H,1-4,7-10,12H2,(H,17,20). The molecule has 0 atom stereocenters. The number of hydrogen-bond donors (Lipinski definition) is 1.